The van der Waals surface area contributed by atoms with Crippen molar-refractivity contribution >= 4 is 23.4 Å². The second-order valence-corrected chi connectivity index (χ2v) is 5.50. The maximum atomic E-state index is 11.9. The van der Waals surface area contributed by atoms with Crippen LogP contribution in [0.4, 0.5) is 0 Å². The van der Waals surface area contributed by atoms with E-state index in [1.165, 1.54) is 0 Å². The molecule has 2 bridgehead atoms. The van der Waals surface area contributed by atoms with Crippen LogP contribution in [0.3, 0.4) is 0 Å². The number of carbonyl (C=O) groups is 2. The van der Waals surface area contributed by atoms with Crippen molar-refractivity contribution in [3.8, 4) is 0 Å². The molecule has 3 atom stereocenters. The van der Waals surface area contributed by atoms with Crippen molar-refractivity contribution in [3.05, 3.63) is 34.9 Å². The number of Topliss-reactive ketones (excluding diaryl/α,β-unsaturated/α-hetero) is 1. The van der Waals surface area contributed by atoms with E-state index < -0.39 is 0 Å². The number of ether oxygens (including phenoxy) is 1. The van der Waals surface area contributed by atoms with Crippen LogP contribution in [0.2, 0.25) is 5.02 Å². The fraction of sp³-hybridized carbons (Fsp3) is 0.429. The zero-order valence-corrected chi connectivity index (χ0v) is 10.5. The Kier molecular flexibility index (Phi) is 2.86. The smallest absolute Gasteiger partial charge is 0.338 e. The quantitative estimate of drug-likeness (QED) is 0.772. The van der Waals surface area contributed by atoms with Gasteiger partial charge in [-0.2, -0.15) is 0 Å². The Morgan fingerprint density at radius 3 is 2.56 bits per heavy atom. The van der Waals surface area contributed by atoms with Crippen LogP contribution in [0, 0.1) is 11.8 Å². The SMILES string of the molecule is O=C(OC1CC2CC(=O)C1C2)c1ccc(Cl)cc1. The molecule has 3 nitrogen and oxygen atoms in total. The van der Waals surface area contributed by atoms with Gasteiger partial charge in [0, 0.05) is 11.4 Å². The number of rotatable bonds is 2. The minimum absolute atomic E-state index is 0.0637. The maximum absolute atomic E-state index is 11.9. The zero-order valence-electron chi connectivity index (χ0n) is 9.77. The summed E-state index contributed by atoms with van der Waals surface area (Å²) in [7, 11) is 0. The summed E-state index contributed by atoms with van der Waals surface area (Å²) >= 11 is 5.76. The van der Waals surface area contributed by atoms with Crippen molar-refractivity contribution < 1.29 is 14.3 Å². The van der Waals surface area contributed by atoms with E-state index in [2.05, 4.69) is 0 Å². The van der Waals surface area contributed by atoms with Crippen molar-refractivity contribution in [1.82, 2.24) is 0 Å². The fourth-order valence-electron chi connectivity index (χ4n) is 2.96. The third kappa shape index (κ3) is 2.03. The van der Waals surface area contributed by atoms with Crippen molar-refractivity contribution in [2.45, 2.75) is 25.4 Å². The summed E-state index contributed by atoms with van der Waals surface area (Å²) in [5, 5.41) is 0.585. The summed E-state index contributed by atoms with van der Waals surface area (Å²) in [6.45, 7) is 0. The van der Waals surface area contributed by atoms with Crippen LogP contribution in [-0.4, -0.2) is 17.9 Å². The van der Waals surface area contributed by atoms with E-state index in [-0.39, 0.29) is 23.8 Å². The molecule has 18 heavy (non-hydrogen) atoms. The molecule has 0 N–H and O–H groups in total. The van der Waals surface area contributed by atoms with Crippen LogP contribution in [0.1, 0.15) is 29.6 Å². The second kappa shape index (κ2) is 4.39. The van der Waals surface area contributed by atoms with Gasteiger partial charge in [-0.25, -0.2) is 4.79 Å². The highest BCUT2D eigenvalue weighted by Crippen LogP contribution is 2.43. The Morgan fingerprint density at radius 2 is 1.94 bits per heavy atom. The summed E-state index contributed by atoms with van der Waals surface area (Å²) in [5.74, 6) is 0.244. The van der Waals surface area contributed by atoms with Gasteiger partial charge in [0.1, 0.15) is 11.9 Å². The van der Waals surface area contributed by atoms with Crippen LogP contribution in [0.5, 0.6) is 0 Å². The number of esters is 1. The van der Waals surface area contributed by atoms with E-state index in [4.69, 9.17) is 16.3 Å². The zero-order chi connectivity index (χ0) is 12.7. The highest BCUT2D eigenvalue weighted by molar-refractivity contribution is 6.30. The molecule has 0 spiro atoms. The molecule has 0 saturated heterocycles. The van der Waals surface area contributed by atoms with Crippen LogP contribution < -0.4 is 0 Å². The molecule has 1 aromatic carbocycles. The van der Waals surface area contributed by atoms with Crippen LogP contribution in [0.15, 0.2) is 24.3 Å². The lowest BCUT2D eigenvalue weighted by Crippen LogP contribution is -2.29. The molecule has 1 aromatic rings. The first-order chi connectivity index (χ1) is 8.63. The number of fused-ring (bicyclic) bond motifs is 2. The van der Waals surface area contributed by atoms with Gasteiger partial charge < -0.3 is 4.74 Å². The third-order valence-electron chi connectivity index (χ3n) is 3.84. The lowest BCUT2D eigenvalue weighted by molar-refractivity contribution is -0.125. The number of ketones is 1. The summed E-state index contributed by atoms with van der Waals surface area (Å²) in [6.07, 6.45) is 2.16. The molecule has 0 radical (unpaired) electrons. The summed E-state index contributed by atoms with van der Waals surface area (Å²) in [4.78, 5) is 23.5. The number of halogens is 1. The second-order valence-electron chi connectivity index (χ2n) is 5.07. The Hall–Kier alpha value is -1.35. The molecule has 0 aromatic heterocycles. The van der Waals surface area contributed by atoms with Crippen LogP contribution >= 0.6 is 11.6 Å². The molecule has 0 aliphatic heterocycles. The topological polar surface area (TPSA) is 43.4 Å². The Bertz CT molecular complexity index is 494. The lowest BCUT2D eigenvalue weighted by Gasteiger charge is -2.21. The molecule has 3 rings (SSSR count). The summed E-state index contributed by atoms with van der Waals surface area (Å²) < 4.78 is 5.44. The third-order valence-corrected chi connectivity index (χ3v) is 4.10. The standard InChI is InChI=1S/C14H13ClO3/c15-10-3-1-9(2-4-10)14(17)18-13-7-8-5-11(13)12(16)6-8/h1-4,8,11,13H,5-7H2. The maximum Gasteiger partial charge on any atom is 0.338 e. The molecule has 3 unspecified atom stereocenters. The first-order valence-electron chi connectivity index (χ1n) is 6.13. The molecular formula is C14H13ClO3. The number of benzene rings is 1. The minimum atomic E-state index is -0.364. The number of carbonyl (C=O) groups excluding carboxylic acids is 2. The van der Waals surface area contributed by atoms with Crippen molar-refractivity contribution in [3.63, 3.8) is 0 Å². The van der Waals surface area contributed by atoms with Gasteiger partial charge in [-0.1, -0.05) is 11.6 Å². The van der Waals surface area contributed by atoms with Gasteiger partial charge in [-0.05, 0) is 43.0 Å². The largest absolute Gasteiger partial charge is 0.458 e. The average molecular weight is 265 g/mol. The van der Waals surface area contributed by atoms with E-state index in [0.29, 0.717) is 22.9 Å². The molecule has 94 valence electrons. The van der Waals surface area contributed by atoms with Gasteiger partial charge in [-0.3, -0.25) is 4.79 Å². The van der Waals surface area contributed by atoms with E-state index >= 15 is 0 Å². The Labute approximate surface area is 110 Å². The Balaban J connectivity index is 1.68. The van der Waals surface area contributed by atoms with Gasteiger partial charge >= 0.3 is 5.97 Å². The van der Waals surface area contributed by atoms with Crippen molar-refractivity contribution in [1.29, 1.82) is 0 Å². The predicted octanol–water partition coefficient (Wildman–Crippen LogP) is 2.86. The van der Waals surface area contributed by atoms with Gasteiger partial charge in [0.2, 0.25) is 0 Å². The van der Waals surface area contributed by atoms with E-state index in [0.717, 1.165) is 12.8 Å². The average Bonchev–Trinajstić information content (AvgIpc) is 2.88. The normalized spacial score (nSPS) is 29.6. The van der Waals surface area contributed by atoms with E-state index in [9.17, 15) is 9.59 Å². The van der Waals surface area contributed by atoms with Crippen molar-refractivity contribution in [2.24, 2.45) is 11.8 Å². The summed E-state index contributed by atoms with van der Waals surface area (Å²) in [5.41, 5.74) is 0.481. The molecule has 2 saturated carbocycles. The highest BCUT2D eigenvalue weighted by atomic mass is 35.5. The number of hydrogen-bond acceptors (Lipinski definition) is 3. The molecule has 4 heteroatoms. The Morgan fingerprint density at radius 1 is 1.22 bits per heavy atom. The number of hydrogen-bond donors (Lipinski definition) is 0. The highest BCUT2D eigenvalue weighted by Gasteiger charge is 2.47. The van der Waals surface area contributed by atoms with Gasteiger partial charge in [0.25, 0.3) is 0 Å². The first kappa shape index (κ1) is 11.7. The summed E-state index contributed by atoms with van der Waals surface area (Å²) in [6, 6.07) is 6.59. The molecule has 2 aliphatic rings. The van der Waals surface area contributed by atoms with Crippen LogP contribution in [-0.2, 0) is 9.53 Å². The lowest BCUT2D eigenvalue weighted by atomic mass is 9.96. The molecule has 0 amide bonds. The monoisotopic (exact) mass is 264 g/mol. The van der Waals surface area contributed by atoms with E-state index in [1.807, 2.05) is 0 Å². The first-order valence-corrected chi connectivity index (χ1v) is 6.50. The predicted molar refractivity (Wildman–Crippen MR) is 66.5 cm³/mol. The van der Waals surface area contributed by atoms with Crippen LogP contribution in [0.25, 0.3) is 0 Å². The van der Waals surface area contributed by atoms with Gasteiger partial charge in [0.05, 0.1) is 11.5 Å². The van der Waals surface area contributed by atoms with Gasteiger partial charge in [0.15, 0.2) is 0 Å². The fourth-order valence-corrected chi connectivity index (χ4v) is 3.09. The van der Waals surface area contributed by atoms with Crippen molar-refractivity contribution in [2.75, 3.05) is 0 Å². The molecule has 0 heterocycles. The van der Waals surface area contributed by atoms with E-state index in [1.54, 1.807) is 24.3 Å². The van der Waals surface area contributed by atoms with Gasteiger partial charge in [-0.15, -0.1) is 0 Å². The molecular weight excluding hydrogens is 252 g/mol. The minimum Gasteiger partial charge on any atom is -0.458 e. The molecule has 2 fully saturated rings. The molecule has 2 aliphatic carbocycles.